The minimum Gasteiger partial charge on any atom is -0.301 e. The van der Waals surface area contributed by atoms with Crippen molar-refractivity contribution in [3.05, 3.63) is 0 Å². The van der Waals surface area contributed by atoms with Crippen LogP contribution in [-0.2, 0) is 0 Å². The van der Waals surface area contributed by atoms with E-state index in [4.69, 9.17) is 0 Å². The molecule has 19 heavy (non-hydrogen) atoms. The summed E-state index contributed by atoms with van der Waals surface area (Å²) in [5, 5.41) is 0. The number of likely N-dealkylation sites (N-methyl/N-ethyl adjacent to an activating group) is 1. The van der Waals surface area contributed by atoms with Crippen molar-refractivity contribution in [1.29, 1.82) is 0 Å². The lowest BCUT2D eigenvalue weighted by molar-refractivity contribution is 0.0593. The molecule has 2 heteroatoms. The molecule has 3 saturated carbocycles. The van der Waals surface area contributed by atoms with E-state index < -0.39 is 0 Å². The summed E-state index contributed by atoms with van der Waals surface area (Å²) in [5.74, 6) is 4.41. The molecule has 5 atom stereocenters. The molecular weight excluding hydrogens is 232 g/mol. The molecule has 0 aromatic rings. The standard InChI is InChI=1S/C17H30N2/c1-2-18-5-7-19(8-6-18)17-4-3-13-9-14-11-15(10-13)16(17)12-14/h13-17H,2-12H2,1H3. The van der Waals surface area contributed by atoms with E-state index in [0.717, 1.165) is 29.7 Å². The molecular formula is C17H30N2. The highest BCUT2D eigenvalue weighted by Gasteiger charge is 2.47. The van der Waals surface area contributed by atoms with Crippen LogP contribution < -0.4 is 0 Å². The molecule has 4 aliphatic rings. The lowest BCUT2D eigenvalue weighted by atomic mass is 9.80. The van der Waals surface area contributed by atoms with Gasteiger partial charge in [0, 0.05) is 32.2 Å². The number of fused-ring (bicyclic) bond motifs is 2. The summed E-state index contributed by atoms with van der Waals surface area (Å²) in [6.45, 7) is 8.87. The number of hydrogen-bond donors (Lipinski definition) is 0. The monoisotopic (exact) mass is 262 g/mol. The molecule has 4 fully saturated rings. The third-order valence-electron chi connectivity index (χ3n) is 6.84. The molecule has 1 saturated heterocycles. The first-order valence-corrected chi connectivity index (χ1v) is 8.80. The molecule has 0 amide bonds. The van der Waals surface area contributed by atoms with Crippen LogP contribution >= 0.6 is 0 Å². The Morgan fingerprint density at radius 1 is 0.842 bits per heavy atom. The van der Waals surface area contributed by atoms with E-state index in [1.54, 1.807) is 32.1 Å². The van der Waals surface area contributed by atoms with E-state index in [0.29, 0.717) is 0 Å². The molecule has 4 rings (SSSR count). The second kappa shape index (κ2) is 5.04. The summed E-state index contributed by atoms with van der Waals surface area (Å²) in [5.41, 5.74) is 0. The molecule has 0 aromatic carbocycles. The van der Waals surface area contributed by atoms with Gasteiger partial charge in [0.2, 0.25) is 0 Å². The Kier molecular flexibility index (Phi) is 3.35. The van der Waals surface area contributed by atoms with Crippen LogP contribution in [0.25, 0.3) is 0 Å². The van der Waals surface area contributed by atoms with Crippen LogP contribution in [0.3, 0.4) is 0 Å². The maximum atomic E-state index is 2.89. The van der Waals surface area contributed by atoms with E-state index in [9.17, 15) is 0 Å². The third kappa shape index (κ3) is 2.25. The van der Waals surface area contributed by atoms with Gasteiger partial charge in [-0.1, -0.05) is 6.92 Å². The maximum Gasteiger partial charge on any atom is 0.0127 e. The van der Waals surface area contributed by atoms with Gasteiger partial charge in [0.1, 0.15) is 0 Å². The zero-order valence-electron chi connectivity index (χ0n) is 12.6. The molecule has 1 heterocycles. The lowest BCUT2D eigenvalue weighted by Gasteiger charge is -2.42. The fourth-order valence-corrected chi connectivity index (χ4v) is 5.93. The predicted molar refractivity (Wildman–Crippen MR) is 79.1 cm³/mol. The van der Waals surface area contributed by atoms with Gasteiger partial charge >= 0.3 is 0 Å². The SMILES string of the molecule is CCN1CCN(C2CCC3CC4CC(C3)C2C4)CC1. The van der Waals surface area contributed by atoms with Crippen LogP contribution in [-0.4, -0.2) is 48.6 Å². The average molecular weight is 262 g/mol. The Hall–Kier alpha value is -0.0800. The maximum absolute atomic E-state index is 2.89. The summed E-state index contributed by atoms with van der Waals surface area (Å²) in [4.78, 5) is 5.51. The Bertz CT molecular complexity index is 321. The minimum absolute atomic E-state index is 0.958. The summed E-state index contributed by atoms with van der Waals surface area (Å²) in [7, 11) is 0. The fourth-order valence-electron chi connectivity index (χ4n) is 5.93. The summed E-state index contributed by atoms with van der Waals surface area (Å²) in [6, 6.07) is 0.958. The van der Waals surface area contributed by atoms with Gasteiger partial charge in [-0.05, 0) is 68.7 Å². The van der Waals surface area contributed by atoms with Crippen molar-refractivity contribution in [2.75, 3.05) is 32.7 Å². The molecule has 3 bridgehead atoms. The highest BCUT2D eigenvalue weighted by Crippen LogP contribution is 2.54. The third-order valence-corrected chi connectivity index (χ3v) is 6.84. The summed E-state index contributed by atoms with van der Waals surface area (Å²) >= 11 is 0. The summed E-state index contributed by atoms with van der Waals surface area (Å²) in [6.07, 6.45) is 9.41. The molecule has 1 aliphatic heterocycles. The van der Waals surface area contributed by atoms with Crippen LogP contribution in [0.4, 0.5) is 0 Å². The molecule has 0 radical (unpaired) electrons. The van der Waals surface area contributed by atoms with Crippen LogP contribution in [0.2, 0.25) is 0 Å². The van der Waals surface area contributed by atoms with E-state index >= 15 is 0 Å². The van der Waals surface area contributed by atoms with Crippen LogP contribution in [0.15, 0.2) is 0 Å². The zero-order chi connectivity index (χ0) is 12.8. The van der Waals surface area contributed by atoms with Crippen molar-refractivity contribution in [1.82, 2.24) is 9.80 Å². The topological polar surface area (TPSA) is 6.48 Å². The fraction of sp³-hybridized carbons (Fsp3) is 1.00. The van der Waals surface area contributed by atoms with Gasteiger partial charge in [0.25, 0.3) is 0 Å². The van der Waals surface area contributed by atoms with Gasteiger partial charge in [0.05, 0.1) is 0 Å². The van der Waals surface area contributed by atoms with Crippen molar-refractivity contribution in [3.8, 4) is 0 Å². The number of rotatable bonds is 2. The second-order valence-electron chi connectivity index (χ2n) is 7.71. The first-order chi connectivity index (χ1) is 9.33. The van der Waals surface area contributed by atoms with E-state index in [1.165, 1.54) is 39.1 Å². The van der Waals surface area contributed by atoms with E-state index in [-0.39, 0.29) is 0 Å². The van der Waals surface area contributed by atoms with Gasteiger partial charge in [-0.15, -0.1) is 0 Å². The van der Waals surface area contributed by atoms with Gasteiger partial charge in [-0.2, -0.15) is 0 Å². The highest BCUT2D eigenvalue weighted by atomic mass is 15.3. The van der Waals surface area contributed by atoms with Crippen molar-refractivity contribution < 1.29 is 0 Å². The van der Waals surface area contributed by atoms with E-state index in [2.05, 4.69) is 16.7 Å². The Morgan fingerprint density at radius 2 is 1.63 bits per heavy atom. The normalized spacial score (nSPS) is 47.5. The highest BCUT2D eigenvalue weighted by molar-refractivity contribution is 4.99. The molecule has 0 aromatic heterocycles. The largest absolute Gasteiger partial charge is 0.301 e. The van der Waals surface area contributed by atoms with Crippen LogP contribution in [0.5, 0.6) is 0 Å². The molecule has 0 spiro atoms. The van der Waals surface area contributed by atoms with Gasteiger partial charge in [-0.3, -0.25) is 4.90 Å². The molecule has 0 N–H and O–H groups in total. The smallest absolute Gasteiger partial charge is 0.0127 e. The molecule has 3 aliphatic carbocycles. The number of hydrogen-bond acceptors (Lipinski definition) is 2. The molecule has 108 valence electrons. The van der Waals surface area contributed by atoms with Crippen molar-refractivity contribution >= 4 is 0 Å². The summed E-state index contributed by atoms with van der Waals surface area (Å²) < 4.78 is 0. The zero-order valence-corrected chi connectivity index (χ0v) is 12.6. The quantitative estimate of drug-likeness (QED) is 0.755. The Morgan fingerprint density at radius 3 is 2.42 bits per heavy atom. The molecule has 5 unspecified atom stereocenters. The van der Waals surface area contributed by atoms with Gasteiger partial charge < -0.3 is 4.90 Å². The average Bonchev–Trinajstić information content (AvgIpc) is 2.67. The van der Waals surface area contributed by atoms with Gasteiger partial charge in [-0.25, -0.2) is 0 Å². The van der Waals surface area contributed by atoms with Crippen molar-refractivity contribution in [2.45, 2.75) is 51.5 Å². The first kappa shape index (κ1) is 12.6. The first-order valence-electron chi connectivity index (χ1n) is 8.80. The Balaban J connectivity index is 1.46. The predicted octanol–water partition coefficient (Wildman–Crippen LogP) is 2.84. The van der Waals surface area contributed by atoms with Crippen molar-refractivity contribution in [3.63, 3.8) is 0 Å². The van der Waals surface area contributed by atoms with Crippen LogP contribution in [0.1, 0.15) is 45.4 Å². The van der Waals surface area contributed by atoms with E-state index in [1.807, 2.05) is 0 Å². The van der Waals surface area contributed by atoms with Gasteiger partial charge in [0.15, 0.2) is 0 Å². The minimum atomic E-state index is 0.958. The Labute approximate surface area is 118 Å². The van der Waals surface area contributed by atoms with Crippen LogP contribution in [0, 0.1) is 23.7 Å². The lowest BCUT2D eigenvalue weighted by Crippen LogP contribution is -2.52. The second-order valence-corrected chi connectivity index (χ2v) is 7.71. The molecule has 2 nitrogen and oxygen atoms in total. The number of piperazine rings is 1. The van der Waals surface area contributed by atoms with Crippen molar-refractivity contribution in [2.24, 2.45) is 23.7 Å². The number of nitrogens with zero attached hydrogens (tertiary/aromatic N) is 2.